The van der Waals surface area contributed by atoms with Crippen molar-refractivity contribution in [2.45, 2.75) is 26.7 Å². The van der Waals surface area contributed by atoms with Gasteiger partial charge in [0.05, 0.1) is 17.6 Å². The molecule has 3 aromatic rings. The molecule has 0 aliphatic rings. The third-order valence-electron chi connectivity index (χ3n) is 3.48. The van der Waals surface area contributed by atoms with Crippen molar-refractivity contribution < 1.29 is 0 Å². The van der Waals surface area contributed by atoms with Crippen LogP contribution >= 0.6 is 22.7 Å². The fourth-order valence-corrected chi connectivity index (χ4v) is 3.53. The molecule has 2 heterocycles. The van der Waals surface area contributed by atoms with Crippen molar-refractivity contribution in [1.29, 1.82) is 0 Å². The van der Waals surface area contributed by atoms with Crippen molar-refractivity contribution in [3.05, 3.63) is 68.1 Å². The van der Waals surface area contributed by atoms with Crippen molar-refractivity contribution in [2.75, 3.05) is 0 Å². The van der Waals surface area contributed by atoms with E-state index in [1.54, 1.807) is 22.7 Å². The minimum atomic E-state index is 0.536. The highest BCUT2D eigenvalue weighted by Gasteiger charge is 2.01. The van der Waals surface area contributed by atoms with Gasteiger partial charge in [-0.25, -0.2) is 9.67 Å². The molecule has 0 aliphatic carbocycles. The van der Waals surface area contributed by atoms with E-state index in [9.17, 15) is 0 Å². The molecule has 0 saturated heterocycles. The molecule has 23 heavy (non-hydrogen) atoms. The molecule has 0 spiro atoms. The van der Waals surface area contributed by atoms with Crippen molar-refractivity contribution in [3.63, 3.8) is 0 Å². The quantitative estimate of drug-likeness (QED) is 0.587. The summed E-state index contributed by atoms with van der Waals surface area (Å²) in [4.78, 5) is 6.75. The summed E-state index contributed by atoms with van der Waals surface area (Å²) in [5.41, 5.74) is 3.37. The molecule has 3 rings (SSSR count). The topological polar surface area (TPSA) is 29.6 Å². The third kappa shape index (κ3) is 3.86. The number of aromatic nitrogens is 1. The van der Waals surface area contributed by atoms with Crippen LogP contribution in [0.15, 0.2) is 57.3 Å². The smallest absolute Gasteiger partial charge is 0.211 e. The van der Waals surface area contributed by atoms with Crippen LogP contribution in [0.3, 0.4) is 0 Å². The summed E-state index contributed by atoms with van der Waals surface area (Å²) in [7, 11) is 0. The Kier molecular flexibility index (Phi) is 4.88. The van der Waals surface area contributed by atoms with Crippen molar-refractivity contribution in [2.24, 2.45) is 10.1 Å². The Balaban J connectivity index is 1.93. The largest absolute Gasteiger partial charge is 0.220 e. The predicted molar refractivity (Wildman–Crippen MR) is 100 cm³/mol. The lowest BCUT2D eigenvalue weighted by molar-refractivity contribution is 0.810. The van der Waals surface area contributed by atoms with Gasteiger partial charge in [-0.05, 0) is 42.0 Å². The van der Waals surface area contributed by atoms with Gasteiger partial charge in [0.2, 0.25) is 4.80 Å². The van der Waals surface area contributed by atoms with Gasteiger partial charge in [0.1, 0.15) is 0 Å². The number of aryl methyl sites for hydroxylation is 1. The van der Waals surface area contributed by atoms with E-state index in [1.807, 2.05) is 29.3 Å². The summed E-state index contributed by atoms with van der Waals surface area (Å²) in [5, 5.41) is 8.70. The number of thiazole rings is 1. The molecule has 0 radical (unpaired) electrons. The average Bonchev–Trinajstić information content (AvgIpc) is 3.17. The standard InChI is InChI=1S/C18H19N3S2/c1-13(2)15-6-8-16(9-7-15)20-18-21(14(3)12-23-18)19-11-17-5-4-10-22-17/h4-13H,1-3H3. The van der Waals surface area contributed by atoms with Crippen LogP contribution in [0.25, 0.3) is 0 Å². The molecule has 2 aromatic heterocycles. The van der Waals surface area contributed by atoms with Gasteiger partial charge in [0, 0.05) is 10.3 Å². The van der Waals surface area contributed by atoms with Crippen molar-refractivity contribution >= 4 is 34.6 Å². The summed E-state index contributed by atoms with van der Waals surface area (Å²) in [6, 6.07) is 12.5. The molecular weight excluding hydrogens is 322 g/mol. The van der Waals surface area contributed by atoms with E-state index < -0.39 is 0 Å². The Hall–Kier alpha value is -1.98. The van der Waals surface area contributed by atoms with E-state index in [2.05, 4.69) is 54.7 Å². The molecule has 0 atom stereocenters. The van der Waals surface area contributed by atoms with Crippen LogP contribution in [0.2, 0.25) is 0 Å². The van der Waals surface area contributed by atoms with Gasteiger partial charge in [-0.1, -0.05) is 32.0 Å². The number of thiophene rings is 1. The van der Waals surface area contributed by atoms with Crippen LogP contribution in [0.1, 0.15) is 35.9 Å². The van der Waals surface area contributed by atoms with Gasteiger partial charge < -0.3 is 0 Å². The fourth-order valence-electron chi connectivity index (χ4n) is 2.13. The van der Waals surface area contributed by atoms with Gasteiger partial charge in [0.25, 0.3) is 0 Å². The molecular formula is C18H19N3S2. The van der Waals surface area contributed by atoms with Crippen LogP contribution in [0.4, 0.5) is 5.69 Å². The van der Waals surface area contributed by atoms with Crippen LogP contribution in [-0.2, 0) is 0 Å². The maximum absolute atomic E-state index is 4.73. The van der Waals surface area contributed by atoms with Crippen molar-refractivity contribution in [3.8, 4) is 0 Å². The molecule has 0 saturated carbocycles. The van der Waals surface area contributed by atoms with Crippen LogP contribution in [-0.4, -0.2) is 10.9 Å². The monoisotopic (exact) mass is 341 g/mol. The van der Waals surface area contributed by atoms with E-state index in [0.29, 0.717) is 5.92 Å². The fraction of sp³-hybridized carbons (Fsp3) is 0.222. The molecule has 0 amide bonds. The summed E-state index contributed by atoms with van der Waals surface area (Å²) in [6.07, 6.45) is 1.88. The normalized spacial score (nSPS) is 12.6. The number of benzene rings is 1. The molecule has 0 bridgehead atoms. The second kappa shape index (κ2) is 7.06. The van der Waals surface area contributed by atoms with E-state index in [-0.39, 0.29) is 0 Å². The lowest BCUT2D eigenvalue weighted by Gasteiger charge is -2.04. The van der Waals surface area contributed by atoms with Gasteiger partial charge in [0.15, 0.2) is 0 Å². The first-order valence-electron chi connectivity index (χ1n) is 7.53. The van der Waals surface area contributed by atoms with Gasteiger partial charge in [-0.15, -0.1) is 22.7 Å². The zero-order valence-electron chi connectivity index (χ0n) is 13.4. The summed E-state index contributed by atoms with van der Waals surface area (Å²) >= 11 is 3.28. The van der Waals surface area contributed by atoms with Crippen LogP contribution in [0.5, 0.6) is 0 Å². The second-order valence-electron chi connectivity index (χ2n) is 5.59. The first-order chi connectivity index (χ1) is 11.1. The average molecular weight is 342 g/mol. The number of hydrogen-bond acceptors (Lipinski definition) is 4. The Morgan fingerprint density at radius 3 is 2.52 bits per heavy atom. The number of hydrogen-bond donors (Lipinski definition) is 0. The number of nitrogens with zero attached hydrogens (tertiary/aromatic N) is 3. The molecule has 0 aliphatic heterocycles. The first-order valence-corrected chi connectivity index (χ1v) is 9.29. The molecule has 3 nitrogen and oxygen atoms in total. The second-order valence-corrected chi connectivity index (χ2v) is 7.41. The van der Waals surface area contributed by atoms with E-state index in [4.69, 9.17) is 4.99 Å². The maximum atomic E-state index is 4.73. The van der Waals surface area contributed by atoms with Gasteiger partial charge in [-0.3, -0.25) is 0 Å². The Labute approximate surface area is 144 Å². The lowest BCUT2D eigenvalue weighted by atomic mass is 10.0. The molecule has 1 aromatic carbocycles. The molecule has 0 fully saturated rings. The maximum Gasteiger partial charge on any atom is 0.211 e. The highest BCUT2D eigenvalue weighted by Crippen LogP contribution is 2.18. The molecule has 118 valence electrons. The summed E-state index contributed by atoms with van der Waals surface area (Å²) < 4.78 is 1.89. The minimum absolute atomic E-state index is 0.536. The summed E-state index contributed by atoms with van der Waals surface area (Å²) in [6.45, 7) is 6.44. The first kappa shape index (κ1) is 15.9. The van der Waals surface area contributed by atoms with E-state index in [1.165, 1.54) is 5.56 Å². The molecule has 5 heteroatoms. The minimum Gasteiger partial charge on any atom is -0.220 e. The lowest BCUT2D eigenvalue weighted by Crippen LogP contribution is -2.11. The van der Waals surface area contributed by atoms with E-state index >= 15 is 0 Å². The van der Waals surface area contributed by atoms with Gasteiger partial charge >= 0.3 is 0 Å². The Bertz CT molecular complexity index is 851. The Morgan fingerprint density at radius 1 is 1.09 bits per heavy atom. The predicted octanol–water partition coefficient (Wildman–Crippen LogP) is 5.16. The number of rotatable bonds is 4. The zero-order chi connectivity index (χ0) is 16.2. The third-order valence-corrected chi connectivity index (χ3v) is 5.22. The highest BCUT2D eigenvalue weighted by atomic mass is 32.1. The van der Waals surface area contributed by atoms with Crippen LogP contribution < -0.4 is 4.80 Å². The van der Waals surface area contributed by atoms with Crippen LogP contribution in [0, 0.1) is 6.92 Å². The van der Waals surface area contributed by atoms with E-state index in [0.717, 1.165) is 21.1 Å². The van der Waals surface area contributed by atoms with Gasteiger partial charge in [-0.2, -0.15) is 5.10 Å². The summed E-state index contributed by atoms with van der Waals surface area (Å²) in [5.74, 6) is 0.536. The molecule has 0 unspecified atom stereocenters. The molecule has 0 N–H and O–H groups in total. The van der Waals surface area contributed by atoms with Crippen molar-refractivity contribution in [1.82, 2.24) is 4.68 Å². The SMILES string of the molecule is Cc1csc(=Nc2ccc(C(C)C)cc2)n1N=Cc1cccs1. The Morgan fingerprint density at radius 2 is 1.87 bits per heavy atom. The highest BCUT2D eigenvalue weighted by molar-refractivity contribution is 7.11. The zero-order valence-corrected chi connectivity index (χ0v) is 15.1.